The highest BCUT2D eigenvalue weighted by molar-refractivity contribution is 5.89. The highest BCUT2D eigenvalue weighted by Crippen LogP contribution is 2.22. The second-order valence-electron chi connectivity index (χ2n) is 3.86. The first kappa shape index (κ1) is 12.8. The fourth-order valence-electron chi connectivity index (χ4n) is 1.89. The van der Waals surface area contributed by atoms with Gasteiger partial charge in [-0.25, -0.2) is 0 Å². The molecule has 3 nitrogen and oxygen atoms in total. The van der Waals surface area contributed by atoms with Crippen LogP contribution in [0.5, 0.6) is 0 Å². The highest BCUT2D eigenvalue weighted by Gasteiger charge is 2.33. The number of hydrogen-bond acceptors (Lipinski definition) is 3. The number of hydrogen-bond donors (Lipinski definition) is 0. The molecule has 16 heavy (non-hydrogen) atoms. The normalized spacial score (nSPS) is 11.4. The number of Topliss-reactive ketones (excluding diaryl/α,β-unsaturated/α-hetero) is 1. The molecule has 1 aromatic rings. The minimum Gasteiger partial charge on any atom is -0.370 e. The molecule has 0 aromatic carbocycles. The van der Waals surface area contributed by atoms with Crippen molar-refractivity contribution in [3.05, 3.63) is 30.1 Å². The van der Waals surface area contributed by atoms with Crippen LogP contribution in [0.3, 0.4) is 0 Å². The second-order valence-corrected chi connectivity index (χ2v) is 3.86. The molecule has 0 saturated carbocycles. The lowest BCUT2D eigenvalue weighted by molar-refractivity contribution is -0.141. The smallest absolute Gasteiger partial charge is 0.168 e. The molecule has 0 aliphatic rings. The minimum absolute atomic E-state index is 0.145. The number of methoxy groups -OCH3 is 1. The number of rotatable bonds is 6. The summed E-state index contributed by atoms with van der Waals surface area (Å²) in [6.45, 7) is 3.97. The molecule has 0 saturated heterocycles. The molecule has 1 aromatic heterocycles. The number of nitrogens with zero attached hydrogens (tertiary/aromatic N) is 1. The van der Waals surface area contributed by atoms with E-state index in [1.807, 2.05) is 26.0 Å². The lowest BCUT2D eigenvalue weighted by Crippen LogP contribution is -2.40. The maximum atomic E-state index is 12.2. The molecule has 0 aliphatic carbocycles. The Bertz CT molecular complexity index is 323. The fraction of sp³-hybridized carbons (Fsp3) is 0.538. The van der Waals surface area contributed by atoms with Gasteiger partial charge in [-0.15, -0.1) is 0 Å². The van der Waals surface area contributed by atoms with Crippen LogP contribution in [-0.4, -0.2) is 23.5 Å². The monoisotopic (exact) mass is 221 g/mol. The Balaban J connectivity index is 2.78. The first-order chi connectivity index (χ1) is 7.68. The van der Waals surface area contributed by atoms with Gasteiger partial charge in [0.1, 0.15) is 5.60 Å². The molecular weight excluding hydrogens is 202 g/mol. The van der Waals surface area contributed by atoms with Crippen LogP contribution in [0.15, 0.2) is 24.5 Å². The summed E-state index contributed by atoms with van der Waals surface area (Å²) in [4.78, 5) is 16.1. The average molecular weight is 221 g/mol. The summed E-state index contributed by atoms with van der Waals surface area (Å²) in [6, 6.07) is 3.73. The maximum absolute atomic E-state index is 12.2. The van der Waals surface area contributed by atoms with Gasteiger partial charge in [-0.3, -0.25) is 9.78 Å². The quantitative estimate of drug-likeness (QED) is 0.740. The molecule has 0 radical (unpaired) electrons. The molecule has 88 valence electrons. The number of pyridine rings is 1. The Morgan fingerprint density at radius 2 is 1.88 bits per heavy atom. The Morgan fingerprint density at radius 3 is 2.31 bits per heavy atom. The molecule has 0 amide bonds. The van der Waals surface area contributed by atoms with Gasteiger partial charge in [-0.2, -0.15) is 0 Å². The van der Waals surface area contributed by atoms with Crippen molar-refractivity contribution in [1.29, 1.82) is 0 Å². The summed E-state index contributed by atoms with van der Waals surface area (Å²) >= 11 is 0. The number of ether oxygens (including phenoxy) is 1. The zero-order valence-corrected chi connectivity index (χ0v) is 10.2. The molecule has 0 spiro atoms. The second kappa shape index (κ2) is 5.75. The van der Waals surface area contributed by atoms with Crippen molar-refractivity contribution in [2.45, 2.75) is 38.7 Å². The lowest BCUT2D eigenvalue weighted by Gasteiger charge is -2.28. The van der Waals surface area contributed by atoms with Gasteiger partial charge in [0.25, 0.3) is 0 Å². The van der Waals surface area contributed by atoms with Crippen LogP contribution >= 0.6 is 0 Å². The van der Waals surface area contributed by atoms with Crippen LogP contribution < -0.4 is 0 Å². The molecule has 0 fully saturated rings. The Hall–Kier alpha value is -1.22. The summed E-state index contributed by atoms with van der Waals surface area (Å²) in [7, 11) is 1.61. The lowest BCUT2D eigenvalue weighted by atomic mass is 9.88. The molecular formula is C13H19NO2. The van der Waals surface area contributed by atoms with Crippen molar-refractivity contribution < 1.29 is 9.53 Å². The van der Waals surface area contributed by atoms with E-state index in [0.717, 1.165) is 5.56 Å². The van der Waals surface area contributed by atoms with Gasteiger partial charge in [0.05, 0.1) is 0 Å². The van der Waals surface area contributed by atoms with Crippen LogP contribution in [-0.2, 0) is 16.0 Å². The van der Waals surface area contributed by atoms with E-state index in [4.69, 9.17) is 4.74 Å². The van der Waals surface area contributed by atoms with Crippen LogP contribution in [0.4, 0.5) is 0 Å². The summed E-state index contributed by atoms with van der Waals surface area (Å²) in [5.74, 6) is 0.145. The molecule has 1 heterocycles. The van der Waals surface area contributed by atoms with Crippen LogP contribution in [0, 0.1) is 0 Å². The standard InChI is InChI=1S/C13H19NO2/c1-4-13(5-2,16-3)12(15)10-11-6-8-14-9-7-11/h6-9H,4-5,10H2,1-3H3. The van der Waals surface area contributed by atoms with Crippen LogP contribution in [0.1, 0.15) is 32.3 Å². The van der Waals surface area contributed by atoms with E-state index in [-0.39, 0.29) is 5.78 Å². The summed E-state index contributed by atoms with van der Waals surface area (Å²) in [5, 5.41) is 0. The molecule has 0 N–H and O–H groups in total. The van der Waals surface area contributed by atoms with Gasteiger partial charge < -0.3 is 4.74 Å². The molecule has 1 rings (SSSR count). The largest absolute Gasteiger partial charge is 0.370 e. The van der Waals surface area contributed by atoms with E-state index in [9.17, 15) is 4.79 Å². The Morgan fingerprint density at radius 1 is 1.31 bits per heavy atom. The van der Waals surface area contributed by atoms with E-state index in [2.05, 4.69) is 4.98 Å². The predicted octanol–water partition coefficient (Wildman–Crippen LogP) is 2.40. The maximum Gasteiger partial charge on any atom is 0.168 e. The van der Waals surface area contributed by atoms with Crippen molar-refractivity contribution in [2.24, 2.45) is 0 Å². The Labute approximate surface area is 96.8 Å². The van der Waals surface area contributed by atoms with Crippen molar-refractivity contribution in [3.8, 4) is 0 Å². The predicted molar refractivity (Wildman–Crippen MR) is 63.3 cm³/mol. The number of aromatic nitrogens is 1. The summed E-state index contributed by atoms with van der Waals surface area (Å²) in [6.07, 6.45) is 5.25. The summed E-state index contributed by atoms with van der Waals surface area (Å²) < 4.78 is 5.41. The van der Waals surface area contributed by atoms with Crippen LogP contribution in [0.2, 0.25) is 0 Å². The Kier molecular flexibility index (Phi) is 4.62. The van der Waals surface area contributed by atoms with E-state index in [1.54, 1.807) is 19.5 Å². The topological polar surface area (TPSA) is 39.2 Å². The third kappa shape index (κ3) is 2.67. The third-order valence-corrected chi connectivity index (χ3v) is 3.16. The molecule has 0 bridgehead atoms. The van der Waals surface area contributed by atoms with Crippen molar-refractivity contribution in [3.63, 3.8) is 0 Å². The van der Waals surface area contributed by atoms with Crippen molar-refractivity contribution in [2.75, 3.05) is 7.11 Å². The third-order valence-electron chi connectivity index (χ3n) is 3.16. The minimum atomic E-state index is -0.622. The fourth-order valence-corrected chi connectivity index (χ4v) is 1.89. The molecule has 0 atom stereocenters. The first-order valence-corrected chi connectivity index (χ1v) is 5.66. The van der Waals surface area contributed by atoms with E-state index < -0.39 is 5.60 Å². The van der Waals surface area contributed by atoms with E-state index in [0.29, 0.717) is 19.3 Å². The van der Waals surface area contributed by atoms with E-state index >= 15 is 0 Å². The average Bonchev–Trinajstić information content (AvgIpc) is 2.33. The zero-order valence-electron chi connectivity index (χ0n) is 10.2. The van der Waals surface area contributed by atoms with Crippen molar-refractivity contribution in [1.82, 2.24) is 4.98 Å². The first-order valence-electron chi connectivity index (χ1n) is 5.66. The van der Waals surface area contributed by atoms with E-state index in [1.165, 1.54) is 0 Å². The molecule has 0 unspecified atom stereocenters. The number of ketones is 1. The SMILES string of the molecule is CCC(CC)(OC)C(=O)Cc1ccncc1. The number of carbonyl (C=O) groups is 1. The van der Waals surface area contributed by atoms with Gasteiger partial charge in [-0.1, -0.05) is 13.8 Å². The molecule has 0 aliphatic heterocycles. The zero-order chi connectivity index (χ0) is 12.0. The van der Waals surface area contributed by atoms with Gasteiger partial charge in [0.2, 0.25) is 0 Å². The molecule has 3 heteroatoms. The van der Waals surface area contributed by atoms with Crippen molar-refractivity contribution >= 4 is 5.78 Å². The van der Waals surface area contributed by atoms with Gasteiger partial charge >= 0.3 is 0 Å². The van der Waals surface area contributed by atoms with Gasteiger partial charge in [0.15, 0.2) is 5.78 Å². The van der Waals surface area contributed by atoms with Gasteiger partial charge in [0, 0.05) is 25.9 Å². The van der Waals surface area contributed by atoms with Crippen LogP contribution in [0.25, 0.3) is 0 Å². The number of carbonyl (C=O) groups excluding carboxylic acids is 1. The highest BCUT2D eigenvalue weighted by atomic mass is 16.5. The summed E-state index contributed by atoms with van der Waals surface area (Å²) in [5.41, 5.74) is 0.367. The van der Waals surface area contributed by atoms with Gasteiger partial charge in [-0.05, 0) is 30.5 Å².